The maximum Gasteiger partial charge on any atom is 0.237 e. The molecule has 0 spiro atoms. The van der Waals surface area contributed by atoms with Crippen molar-refractivity contribution in [1.82, 2.24) is 25.1 Å². The molecule has 1 aromatic carbocycles. The van der Waals surface area contributed by atoms with Crippen LogP contribution in [0.25, 0.3) is 11.1 Å². The molecule has 0 aliphatic carbocycles. The highest BCUT2D eigenvalue weighted by molar-refractivity contribution is 6.31. The number of nitrogens with zero attached hydrogens (tertiary/aromatic N) is 4. The van der Waals surface area contributed by atoms with Gasteiger partial charge in [-0.1, -0.05) is 17.7 Å². The van der Waals surface area contributed by atoms with Gasteiger partial charge >= 0.3 is 0 Å². The van der Waals surface area contributed by atoms with E-state index in [1.54, 1.807) is 18.0 Å². The van der Waals surface area contributed by atoms with E-state index in [1.165, 1.54) is 6.20 Å². The third kappa shape index (κ3) is 5.43. The standard InChI is InChI=1S/C26H30ClN7O5/c1-34-11-15(9-30-34)17-4-3-16(7-19(17)32-24(35)14-5-6-28-8-14)31-26-29-10-18(27)25(33-26)39-21-13-38-22-20(36-2)12-37-23(21)22/h3-4,7,9-11,14,20-23,28H,5-6,8,12-13H2,1-2H3,(H,32,35)(H,29,31,33)/t14?,20-,21-,22-,23-/m1/s1. The molecule has 12 nitrogen and oxygen atoms in total. The van der Waals surface area contributed by atoms with Crippen molar-refractivity contribution in [3.63, 3.8) is 0 Å². The highest BCUT2D eigenvalue weighted by Crippen LogP contribution is 2.34. The zero-order valence-corrected chi connectivity index (χ0v) is 22.4. The Balaban J connectivity index is 1.22. The summed E-state index contributed by atoms with van der Waals surface area (Å²) in [6.45, 7) is 2.29. The third-order valence-electron chi connectivity index (χ3n) is 7.22. The molecule has 1 unspecified atom stereocenters. The van der Waals surface area contributed by atoms with E-state index < -0.39 is 0 Å². The fourth-order valence-corrected chi connectivity index (χ4v) is 5.29. The van der Waals surface area contributed by atoms with E-state index in [4.69, 9.17) is 30.5 Å². The van der Waals surface area contributed by atoms with Crippen LogP contribution in [-0.4, -0.2) is 83.5 Å². The number of carbonyl (C=O) groups is 1. The quantitative estimate of drug-likeness (QED) is 0.380. The van der Waals surface area contributed by atoms with Crippen molar-refractivity contribution in [2.45, 2.75) is 30.8 Å². The van der Waals surface area contributed by atoms with Crippen LogP contribution in [0.2, 0.25) is 5.02 Å². The van der Waals surface area contributed by atoms with E-state index in [2.05, 4.69) is 31.0 Å². The van der Waals surface area contributed by atoms with Crippen LogP contribution in [0, 0.1) is 5.92 Å². The monoisotopic (exact) mass is 555 g/mol. The molecule has 3 aromatic rings. The van der Waals surface area contributed by atoms with Crippen LogP contribution in [0.5, 0.6) is 5.88 Å². The van der Waals surface area contributed by atoms with Gasteiger partial charge < -0.3 is 34.9 Å². The Labute approximate surface area is 230 Å². The first kappa shape index (κ1) is 26.0. The van der Waals surface area contributed by atoms with Gasteiger partial charge in [0.15, 0.2) is 6.10 Å². The first-order valence-electron chi connectivity index (χ1n) is 12.9. The van der Waals surface area contributed by atoms with Gasteiger partial charge in [-0.25, -0.2) is 4.98 Å². The van der Waals surface area contributed by atoms with Gasteiger partial charge in [-0.3, -0.25) is 9.48 Å². The number of fused-ring (bicyclic) bond motifs is 1. The SMILES string of the molecule is CO[C@@H]1CO[C@H]2[C@@H]1OC[C@H]2Oc1nc(Nc2ccc(-c3cnn(C)c3)c(NC(=O)C3CCNC3)c2)ncc1Cl. The van der Waals surface area contributed by atoms with Crippen LogP contribution in [0.4, 0.5) is 17.3 Å². The lowest BCUT2D eigenvalue weighted by Crippen LogP contribution is -2.35. The first-order chi connectivity index (χ1) is 19.0. The molecular weight excluding hydrogens is 526 g/mol. The minimum Gasteiger partial charge on any atom is -0.468 e. The molecule has 0 saturated carbocycles. The molecular formula is C26H30ClN7O5. The smallest absolute Gasteiger partial charge is 0.237 e. The number of amides is 1. The predicted octanol–water partition coefficient (Wildman–Crippen LogP) is 2.38. The van der Waals surface area contributed by atoms with Crippen LogP contribution in [0.3, 0.4) is 0 Å². The molecule has 3 fully saturated rings. The zero-order chi connectivity index (χ0) is 26.9. The van der Waals surface area contributed by atoms with Gasteiger partial charge in [0.2, 0.25) is 17.7 Å². The van der Waals surface area contributed by atoms with Gasteiger partial charge in [0.1, 0.15) is 23.3 Å². The van der Waals surface area contributed by atoms with Gasteiger partial charge in [-0.2, -0.15) is 10.1 Å². The van der Waals surface area contributed by atoms with Crippen molar-refractivity contribution in [3.05, 3.63) is 41.8 Å². The number of nitrogens with one attached hydrogen (secondary N) is 3. The molecule has 206 valence electrons. The zero-order valence-electron chi connectivity index (χ0n) is 21.6. The van der Waals surface area contributed by atoms with Crippen molar-refractivity contribution in [2.75, 3.05) is 44.0 Å². The Bertz CT molecular complexity index is 1350. The molecule has 2 aromatic heterocycles. The number of halogens is 1. The van der Waals surface area contributed by atoms with E-state index in [9.17, 15) is 4.79 Å². The normalized spacial score (nSPS) is 26.0. The van der Waals surface area contributed by atoms with Crippen LogP contribution >= 0.6 is 11.6 Å². The molecule has 0 radical (unpaired) electrons. The summed E-state index contributed by atoms with van der Waals surface area (Å²) in [4.78, 5) is 21.8. The number of aromatic nitrogens is 4. The van der Waals surface area contributed by atoms with Crippen LogP contribution in [0.15, 0.2) is 36.8 Å². The highest BCUT2D eigenvalue weighted by Gasteiger charge is 2.49. The number of hydrogen-bond donors (Lipinski definition) is 3. The molecule has 5 atom stereocenters. The van der Waals surface area contributed by atoms with E-state index in [0.717, 1.165) is 24.1 Å². The number of carbonyl (C=O) groups excluding carboxylic acids is 1. The van der Waals surface area contributed by atoms with Gasteiger partial charge in [0.25, 0.3) is 0 Å². The number of benzene rings is 1. The lowest BCUT2D eigenvalue weighted by atomic mass is 10.0. The molecule has 3 saturated heterocycles. The topological polar surface area (TPSA) is 134 Å². The summed E-state index contributed by atoms with van der Waals surface area (Å²) < 4.78 is 24.9. The lowest BCUT2D eigenvalue weighted by Gasteiger charge is -2.18. The second kappa shape index (κ2) is 11.1. The lowest BCUT2D eigenvalue weighted by molar-refractivity contribution is -0.119. The van der Waals surface area contributed by atoms with E-state index in [-0.39, 0.29) is 47.1 Å². The van der Waals surface area contributed by atoms with Gasteiger partial charge in [0.05, 0.1) is 37.2 Å². The molecule has 13 heteroatoms. The van der Waals surface area contributed by atoms with Crippen LogP contribution in [-0.2, 0) is 26.1 Å². The van der Waals surface area contributed by atoms with Crippen molar-refractivity contribution >= 4 is 34.8 Å². The second-order valence-electron chi connectivity index (χ2n) is 9.84. The molecule has 39 heavy (non-hydrogen) atoms. The largest absolute Gasteiger partial charge is 0.468 e. The maximum atomic E-state index is 13.0. The fourth-order valence-electron chi connectivity index (χ4n) is 5.15. The van der Waals surface area contributed by atoms with E-state index in [0.29, 0.717) is 37.1 Å². The van der Waals surface area contributed by atoms with Crippen molar-refractivity contribution in [3.8, 4) is 17.0 Å². The van der Waals surface area contributed by atoms with Gasteiger partial charge in [0, 0.05) is 43.7 Å². The maximum absolute atomic E-state index is 13.0. The minimum atomic E-state index is -0.374. The first-order valence-corrected chi connectivity index (χ1v) is 13.2. The van der Waals surface area contributed by atoms with Crippen molar-refractivity contribution in [2.24, 2.45) is 13.0 Å². The number of anilines is 3. The summed E-state index contributed by atoms with van der Waals surface area (Å²) in [5, 5.41) is 14.1. The number of aryl methyl sites for hydroxylation is 1. The Morgan fingerprint density at radius 2 is 2.03 bits per heavy atom. The minimum absolute atomic E-state index is 0.0253. The summed E-state index contributed by atoms with van der Waals surface area (Å²) in [6.07, 6.45) is 4.99. The molecule has 1 amide bonds. The molecule has 3 N–H and O–H groups in total. The summed E-state index contributed by atoms with van der Waals surface area (Å²) in [5.74, 6) is 0.410. The van der Waals surface area contributed by atoms with E-state index >= 15 is 0 Å². The molecule has 5 heterocycles. The third-order valence-corrected chi connectivity index (χ3v) is 7.48. The number of rotatable bonds is 8. The van der Waals surface area contributed by atoms with Crippen molar-refractivity contribution in [1.29, 1.82) is 0 Å². The predicted molar refractivity (Wildman–Crippen MR) is 143 cm³/mol. The Morgan fingerprint density at radius 3 is 2.77 bits per heavy atom. The Kier molecular flexibility index (Phi) is 7.36. The van der Waals surface area contributed by atoms with Crippen LogP contribution < -0.4 is 20.7 Å². The Hall–Kier alpha value is -3.29. The average molecular weight is 556 g/mol. The van der Waals surface area contributed by atoms with Gasteiger partial charge in [-0.15, -0.1) is 0 Å². The number of ether oxygens (including phenoxy) is 4. The summed E-state index contributed by atoms with van der Waals surface area (Å²) >= 11 is 6.37. The highest BCUT2D eigenvalue weighted by atomic mass is 35.5. The molecule has 0 bridgehead atoms. The molecule has 6 rings (SSSR count). The summed E-state index contributed by atoms with van der Waals surface area (Å²) in [5.41, 5.74) is 3.10. The van der Waals surface area contributed by atoms with E-state index in [1.807, 2.05) is 31.4 Å². The van der Waals surface area contributed by atoms with Gasteiger partial charge in [-0.05, 0) is 25.1 Å². The van der Waals surface area contributed by atoms with Crippen molar-refractivity contribution < 1.29 is 23.7 Å². The summed E-state index contributed by atoms with van der Waals surface area (Å²) in [6, 6.07) is 5.67. The molecule has 3 aliphatic heterocycles. The number of methoxy groups -OCH3 is 1. The van der Waals surface area contributed by atoms with Crippen LogP contribution in [0.1, 0.15) is 6.42 Å². The number of hydrogen-bond acceptors (Lipinski definition) is 10. The average Bonchev–Trinajstić information content (AvgIpc) is 3.73. The molecule has 3 aliphatic rings. The second-order valence-corrected chi connectivity index (χ2v) is 10.2. The summed E-state index contributed by atoms with van der Waals surface area (Å²) in [7, 11) is 3.49. The fraction of sp³-hybridized carbons (Fsp3) is 0.462. The Morgan fingerprint density at radius 1 is 1.21 bits per heavy atom.